The normalized spacial score (nSPS) is 14.8. The number of H-pyrrole nitrogens is 1. The first-order chi connectivity index (χ1) is 9.65. The van der Waals surface area contributed by atoms with Crippen molar-refractivity contribution in [2.45, 2.75) is 24.9 Å². The second-order valence-electron chi connectivity index (χ2n) is 4.84. The summed E-state index contributed by atoms with van der Waals surface area (Å²) < 4.78 is 0. The molecule has 1 rings (SSSR count). The number of aromatic nitrogens is 2. The van der Waals surface area contributed by atoms with Crippen molar-refractivity contribution < 1.29 is 19.8 Å². The predicted molar refractivity (Wildman–Crippen MR) is 81.5 cm³/mol. The van der Waals surface area contributed by atoms with Gasteiger partial charge in [0.25, 0.3) is 0 Å². The number of nitrogens with one attached hydrogen (secondary N) is 1. The average molecular weight is 318 g/mol. The third-order valence-electron chi connectivity index (χ3n) is 3.06. The zero-order valence-electron chi connectivity index (χ0n) is 12.3. The highest BCUT2D eigenvalue weighted by Crippen LogP contribution is 2.12. The summed E-state index contributed by atoms with van der Waals surface area (Å²) in [6.45, 7) is 1.64. The van der Waals surface area contributed by atoms with Gasteiger partial charge in [0.2, 0.25) is 0 Å². The number of hydrogen-bond acceptors (Lipinski definition) is 6. The van der Waals surface area contributed by atoms with Crippen molar-refractivity contribution in [3.8, 4) is 0 Å². The molecule has 1 aromatic heterocycles. The van der Waals surface area contributed by atoms with Gasteiger partial charge in [-0.25, -0.2) is 4.98 Å². The Kier molecular flexibility index (Phi) is 8.00. The van der Waals surface area contributed by atoms with Crippen molar-refractivity contribution in [1.82, 2.24) is 14.9 Å². The Hall–Kier alpha value is -1.58. The monoisotopic (exact) mass is 318 g/mol. The molecule has 0 bridgehead atoms. The van der Waals surface area contributed by atoms with E-state index in [1.807, 2.05) is 0 Å². The van der Waals surface area contributed by atoms with E-state index in [1.54, 1.807) is 32.1 Å². The Bertz CT molecular complexity index is 452. The lowest BCUT2D eigenvalue weighted by Crippen LogP contribution is -2.50. The minimum absolute atomic E-state index is 0.263. The Morgan fingerprint density at radius 3 is 2.33 bits per heavy atom. The van der Waals surface area contributed by atoms with Gasteiger partial charge in [-0.05, 0) is 21.0 Å². The molecule has 1 heterocycles. The Labute approximate surface area is 128 Å². The summed E-state index contributed by atoms with van der Waals surface area (Å²) >= 11 is 3.96. The lowest BCUT2D eigenvalue weighted by Gasteiger charge is -2.29. The van der Waals surface area contributed by atoms with Gasteiger partial charge in [0.1, 0.15) is 11.6 Å². The first-order valence-corrected chi connectivity index (χ1v) is 6.76. The van der Waals surface area contributed by atoms with E-state index in [2.05, 4.69) is 22.6 Å². The van der Waals surface area contributed by atoms with Crippen molar-refractivity contribution >= 4 is 24.6 Å². The molecule has 8 nitrogen and oxygen atoms in total. The van der Waals surface area contributed by atoms with Crippen LogP contribution in [0.15, 0.2) is 12.5 Å². The maximum atomic E-state index is 10.6. The van der Waals surface area contributed by atoms with E-state index in [1.165, 1.54) is 6.33 Å². The topological polar surface area (TPSA) is 133 Å². The standard InChI is InChI=1S/C6H9N3O2.C6H13NO2S/c7-5(6(10)11)1-4-2-8-3-9-4;1-6(4-10,5(8)9)7(2)3/h2-3,5H,1,7H2,(H,8,9)(H,10,11);10H,4H2,1-3H3,(H,8,9). The molecule has 0 fully saturated rings. The number of imidazole rings is 1. The highest BCUT2D eigenvalue weighted by Gasteiger charge is 2.33. The van der Waals surface area contributed by atoms with Crippen LogP contribution in [-0.4, -0.2) is 68.4 Å². The molecule has 0 saturated heterocycles. The number of nitrogens with zero attached hydrogens (tertiary/aromatic N) is 2. The fraction of sp³-hybridized carbons (Fsp3) is 0.583. The number of nitrogens with two attached hydrogens (primary N) is 1. The van der Waals surface area contributed by atoms with E-state index < -0.39 is 23.5 Å². The summed E-state index contributed by atoms with van der Waals surface area (Å²) in [7, 11) is 3.45. The zero-order valence-corrected chi connectivity index (χ0v) is 13.2. The van der Waals surface area contributed by atoms with Crippen LogP contribution in [0.25, 0.3) is 0 Å². The molecule has 2 atom stereocenters. The van der Waals surface area contributed by atoms with Crippen molar-refractivity contribution in [3.05, 3.63) is 18.2 Å². The minimum atomic E-state index is -1.01. The smallest absolute Gasteiger partial charge is 0.324 e. The molecular weight excluding hydrogens is 296 g/mol. The number of rotatable bonds is 6. The summed E-state index contributed by atoms with van der Waals surface area (Å²) in [5.74, 6) is -1.53. The van der Waals surface area contributed by atoms with Crippen LogP contribution in [-0.2, 0) is 16.0 Å². The number of carboxylic acids is 2. The summed E-state index contributed by atoms with van der Waals surface area (Å²) in [4.78, 5) is 29.1. The molecule has 0 aromatic carbocycles. The molecular formula is C12H22N4O4S. The highest BCUT2D eigenvalue weighted by atomic mass is 32.1. The second-order valence-corrected chi connectivity index (χ2v) is 5.16. The summed E-state index contributed by atoms with van der Waals surface area (Å²) in [5, 5.41) is 17.1. The summed E-state index contributed by atoms with van der Waals surface area (Å²) in [6, 6.07) is -0.863. The number of thiol groups is 1. The van der Waals surface area contributed by atoms with Crippen molar-refractivity contribution in [2.24, 2.45) is 5.73 Å². The van der Waals surface area contributed by atoms with E-state index in [0.717, 1.165) is 0 Å². The van der Waals surface area contributed by atoms with Crippen LogP contribution in [0.4, 0.5) is 0 Å². The highest BCUT2D eigenvalue weighted by molar-refractivity contribution is 7.80. The number of aromatic amines is 1. The number of aliphatic carboxylic acids is 2. The predicted octanol–water partition coefficient (Wildman–Crippen LogP) is -0.315. The number of hydrogen-bond donors (Lipinski definition) is 5. The molecule has 2 unspecified atom stereocenters. The van der Waals surface area contributed by atoms with E-state index >= 15 is 0 Å². The van der Waals surface area contributed by atoms with E-state index in [9.17, 15) is 9.59 Å². The minimum Gasteiger partial charge on any atom is -0.480 e. The Morgan fingerprint density at radius 1 is 1.52 bits per heavy atom. The molecule has 0 radical (unpaired) electrons. The van der Waals surface area contributed by atoms with Gasteiger partial charge in [-0.1, -0.05) is 0 Å². The van der Waals surface area contributed by atoms with Gasteiger partial charge in [-0.2, -0.15) is 12.6 Å². The SMILES string of the molecule is CN(C)C(C)(CS)C(=O)O.NC(Cc1c[nH]cn1)C(=O)O. The average Bonchev–Trinajstić information content (AvgIpc) is 2.90. The van der Waals surface area contributed by atoms with Crippen LogP contribution >= 0.6 is 12.6 Å². The lowest BCUT2D eigenvalue weighted by atomic mass is 10.1. The molecule has 0 aliphatic rings. The van der Waals surface area contributed by atoms with Crippen LogP contribution in [0.2, 0.25) is 0 Å². The molecule has 9 heteroatoms. The molecule has 0 aliphatic heterocycles. The molecule has 0 aliphatic carbocycles. The maximum absolute atomic E-state index is 10.6. The second kappa shape index (κ2) is 8.65. The largest absolute Gasteiger partial charge is 0.480 e. The Morgan fingerprint density at radius 2 is 2.10 bits per heavy atom. The van der Waals surface area contributed by atoms with Gasteiger partial charge in [0, 0.05) is 18.4 Å². The van der Waals surface area contributed by atoms with E-state index in [-0.39, 0.29) is 6.42 Å². The molecule has 21 heavy (non-hydrogen) atoms. The van der Waals surface area contributed by atoms with Gasteiger partial charge < -0.3 is 20.9 Å². The summed E-state index contributed by atoms with van der Waals surface area (Å²) in [6.07, 6.45) is 3.38. The molecule has 5 N–H and O–H groups in total. The maximum Gasteiger partial charge on any atom is 0.324 e. The fourth-order valence-electron chi connectivity index (χ4n) is 1.12. The van der Waals surface area contributed by atoms with Gasteiger partial charge in [-0.15, -0.1) is 0 Å². The van der Waals surface area contributed by atoms with Gasteiger partial charge in [-0.3, -0.25) is 14.5 Å². The van der Waals surface area contributed by atoms with Crippen LogP contribution in [0.5, 0.6) is 0 Å². The number of carboxylic acid groups (broad SMARTS) is 2. The van der Waals surface area contributed by atoms with Gasteiger partial charge >= 0.3 is 11.9 Å². The van der Waals surface area contributed by atoms with E-state index in [0.29, 0.717) is 11.4 Å². The van der Waals surface area contributed by atoms with Crippen molar-refractivity contribution in [3.63, 3.8) is 0 Å². The van der Waals surface area contributed by atoms with Crippen LogP contribution in [0.3, 0.4) is 0 Å². The number of carbonyl (C=O) groups is 2. The van der Waals surface area contributed by atoms with Crippen molar-refractivity contribution in [1.29, 1.82) is 0 Å². The quantitative estimate of drug-likeness (QED) is 0.454. The van der Waals surface area contributed by atoms with Crippen LogP contribution in [0.1, 0.15) is 12.6 Å². The lowest BCUT2D eigenvalue weighted by molar-refractivity contribution is -0.147. The van der Waals surface area contributed by atoms with Crippen LogP contribution in [0, 0.1) is 0 Å². The van der Waals surface area contributed by atoms with Crippen molar-refractivity contribution in [2.75, 3.05) is 19.8 Å². The Balaban J connectivity index is 0.000000384. The molecule has 120 valence electrons. The third-order valence-corrected chi connectivity index (χ3v) is 3.67. The summed E-state index contributed by atoms with van der Waals surface area (Å²) in [5.41, 5.74) is 5.08. The van der Waals surface area contributed by atoms with Gasteiger partial charge in [0.15, 0.2) is 0 Å². The first-order valence-electron chi connectivity index (χ1n) is 6.12. The third kappa shape index (κ3) is 6.15. The molecule has 0 amide bonds. The van der Waals surface area contributed by atoms with Gasteiger partial charge in [0.05, 0.1) is 12.0 Å². The van der Waals surface area contributed by atoms with Crippen LogP contribution < -0.4 is 5.73 Å². The molecule has 0 saturated carbocycles. The van der Waals surface area contributed by atoms with E-state index in [4.69, 9.17) is 15.9 Å². The number of likely N-dealkylation sites (N-methyl/N-ethyl adjacent to an activating group) is 1. The first kappa shape index (κ1) is 19.4. The molecule has 1 aromatic rings. The molecule has 0 spiro atoms. The fourth-order valence-corrected chi connectivity index (χ4v) is 1.53. The zero-order chi connectivity index (χ0) is 16.6.